The Morgan fingerprint density at radius 1 is 1.31 bits per heavy atom. The summed E-state index contributed by atoms with van der Waals surface area (Å²) in [6, 6.07) is 0. The van der Waals surface area contributed by atoms with E-state index < -0.39 is 24.5 Å². The second-order valence-electron chi connectivity index (χ2n) is 3.00. The lowest BCUT2D eigenvalue weighted by atomic mass is 10.0. The molecule has 13 heavy (non-hydrogen) atoms. The molecule has 0 radical (unpaired) electrons. The van der Waals surface area contributed by atoms with Crippen LogP contribution < -0.4 is 0 Å². The van der Waals surface area contributed by atoms with Crippen molar-refractivity contribution in [2.75, 3.05) is 20.8 Å². The van der Waals surface area contributed by atoms with Gasteiger partial charge < -0.3 is 20.1 Å². The minimum Gasteiger partial charge on any atom is -0.388 e. The van der Waals surface area contributed by atoms with E-state index in [1.54, 1.807) is 7.05 Å². The van der Waals surface area contributed by atoms with E-state index in [1.165, 1.54) is 12.2 Å². The van der Waals surface area contributed by atoms with Crippen LogP contribution in [0.2, 0.25) is 0 Å². The van der Waals surface area contributed by atoms with Crippen molar-refractivity contribution in [2.45, 2.75) is 24.5 Å². The third-order valence-electron chi connectivity index (χ3n) is 2.12. The predicted molar refractivity (Wildman–Crippen MR) is 42.5 cm³/mol. The summed E-state index contributed by atoms with van der Waals surface area (Å²) >= 11 is 0. The Balaban J connectivity index is 2.58. The molecule has 78 valence electrons. The van der Waals surface area contributed by atoms with Crippen molar-refractivity contribution in [3.63, 3.8) is 0 Å². The maximum atomic E-state index is 9.45. The molecular formula is C7H15NO5. The zero-order chi connectivity index (χ0) is 10.0. The fraction of sp³-hybridized carbons (Fsp3) is 1.00. The Morgan fingerprint density at radius 3 is 2.46 bits per heavy atom. The molecule has 1 fully saturated rings. The van der Waals surface area contributed by atoms with E-state index >= 15 is 0 Å². The normalized spacial score (nSPS) is 41.1. The largest absolute Gasteiger partial charge is 0.388 e. The number of hydroxylamine groups is 2. The average molecular weight is 193 g/mol. The van der Waals surface area contributed by atoms with Gasteiger partial charge in [0.05, 0.1) is 13.7 Å². The molecule has 1 unspecified atom stereocenters. The first-order valence-corrected chi connectivity index (χ1v) is 4.00. The summed E-state index contributed by atoms with van der Waals surface area (Å²) < 4.78 is 5.07. The van der Waals surface area contributed by atoms with E-state index in [2.05, 4.69) is 0 Å². The fourth-order valence-electron chi connectivity index (χ4n) is 1.21. The molecule has 0 amide bonds. The summed E-state index contributed by atoms with van der Waals surface area (Å²) in [6.07, 6.45) is -4.16. The van der Waals surface area contributed by atoms with Gasteiger partial charge in [-0.25, -0.2) is 0 Å². The molecule has 6 heteroatoms. The molecule has 0 saturated carbocycles. The Labute approximate surface area is 76.2 Å². The molecule has 0 aromatic rings. The molecule has 1 saturated heterocycles. The van der Waals surface area contributed by atoms with E-state index in [0.717, 1.165) is 0 Å². The minimum atomic E-state index is -1.20. The third-order valence-corrected chi connectivity index (χ3v) is 2.12. The second kappa shape index (κ2) is 4.32. The number of hydrogen-bond donors (Lipinski definition) is 3. The first-order chi connectivity index (χ1) is 6.07. The van der Waals surface area contributed by atoms with Crippen molar-refractivity contribution in [1.29, 1.82) is 0 Å². The standard InChI is InChI=1S/C7H15NO5/c1-8(12-2)7-6(11)5(10)4(9)3-13-7/h4-7,9-11H,3H2,1-2H3/t4-,5+,6?,7-/m1/s1. The van der Waals surface area contributed by atoms with Gasteiger partial charge in [0.1, 0.15) is 18.3 Å². The average Bonchev–Trinajstić information content (AvgIpc) is 2.13. The predicted octanol–water partition coefficient (Wildman–Crippen LogP) is -2.08. The van der Waals surface area contributed by atoms with Gasteiger partial charge in [-0.2, -0.15) is 5.06 Å². The SMILES string of the molecule is CON(C)[C@@H]1OC[C@@H](O)[C@H](O)C1O. The Kier molecular flexibility index (Phi) is 3.60. The lowest BCUT2D eigenvalue weighted by molar-refractivity contribution is -0.296. The summed E-state index contributed by atoms with van der Waals surface area (Å²) in [6.45, 7) is -0.0173. The van der Waals surface area contributed by atoms with Gasteiger partial charge in [0.2, 0.25) is 0 Å². The first kappa shape index (κ1) is 10.8. The van der Waals surface area contributed by atoms with E-state index in [-0.39, 0.29) is 6.61 Å². The van der Waals surface area contributed by atoms with Crippen molar-refractivity contribution in [1.82, 2.24) is 5.06 Å². The molecule has 0 bridgehead atoms. The van der Waals surface area contributed by atoms with Gasteiger partial charge in [0.15, 0.2) is 6.23 Å². The van der Waals surface area contributed by atoms with Gasteiger partial charge >= 0.3 is 0 Å². The molecule has 1 aliphatic rings. The molecule has 4 atom stereocenters. The quantitative estimate of drug-likeness (QED) is 0.437. The van der Waals surface area contributed by atoms with E-state index in [4.69, 9.17) is 14.7 Å². The Morgan fingerprint density at radius 2 is 1.92 bits per heavy atom. The van der Waals surface area contributed by atoms with E-state index in [1.807, 2.05) is 0 Å². The third kappa shape index (κ3) is 2.16. The maximum Gasteiger partial charge on any atom is 0.161 e. The van der Waals surface area contributed by atoms with Crippen LogP contribution in [0.5, 0.6) is 0 Å². The molecule has 1 rings (SSSR count). The summed E-state index contributed by atoms with van der Waals surface area (Å²) in [7, 11) is 2.99. The summed E-state index contributed by atoms with van der Waals surface area (Å²) in [4.78, 5) is 4.80. The topological polar surface area (TPSA) is 82.4 Å². The first-order valence-electron chi connectivity index (χ1n) is 4.00. The van der Waals surface area contributed by atoms with Crippen LogP contribution in [0, 0.1) is 0 Å². The molecule has 0 spiro atoms. The van der Waals surface area contributed by atoms with Gasteiger partial charge in [0.25, 0.3) is 0 Å². The minimum absolute atomic E-state index is 0.0173. The smallest absolute Gasteiger partial charge is 0.161 e. The van der Waals surface area contributed by atoms with Gasteiger partial charge in [-0.15, -0.1) is 0 Å². The lowest BCUT2D eigenvalue weighted by Crippen LogP contribution is -2.57. The van der Waals surface area contributed by atoms with Crippen LogP contribution >= 0.6 is 0 Å². The molecule has 6 nitrogen and oxygen atoms in total. The van der Waals surface area contributed by atoms with Crippen LogP contribution in [0.4, 0.5) is 0 Å². The van der Waals surface area contributed by atoms with Crippen LogP contribution in [0.1, 0.15) is 0 Å². The van der Waals surface area contributed by atoms with E-state index in [0.29, 0.717) is 0 Å². The lowest BCUT2D eigenvalue weighted by Gasteiger charge is -2.38. The highest BCUT2D eigenvalue weighted by Gasteiger charge is 2.39. The van der Waals surface area contributed by atoms with Gasteiger partial charge in [-0.3, -0.25) is 4.84 Å². The van der Waals surface area contributed by atoms with Gasteiger partial charge in [-0.05, 0) is 0 Å². The van der Waals surface area contributed by atoms with Crippen molar-refractivity contribution in [2.24, 2.45) is 0 Å². The molecule has 0 aromatic heterocycles. The maximum absolute atomic E-state index is 9.45. The fourth-order valence-corrected chi connectivity index (χ4v) is 1.21. The monoisotopic (exact) mass is 193 g/mol. The molecular weight excluding hydrogens is 178 g/mol. The summed E-state index contributed by atoms with van der Waals surface area (Å²) in [5.41, 5.74) is 0. The molecule has 0 aliphatic carbocycles. The second-order valence-corrected chi connectivity index (χ2v) is 3.00. The van der Waals surface area contributed by atoms with Crippen molar-refractivity contribution >= 4 is 0 Å². The highest BCUT2D eigenvalue weighted by Crippen LogP contribution is 2.17. The number of likely N-dealkylation sites (N-methyl/N-ethyl adjacent to an activating group) is 1. The number of ether oxygens (including phenoxy) is 1. The van der Waals surface area contributed by atoms with Crippen molar-refractivity contribution in [3.05, 3.63) is 0 Å². The number of hydrogen-bond acceptors (Lipinski definition) is 6. The van der Waals surface area contributed by atoms with Crippen LogP contribution in [-0.2, 0) is 9.57 Å². The number of nitrogens with zero attached hydrogens (tertiary/aromatic N) is 1. The number of aliphatic hydroxyl groups excluding tert-OH is 3. The zero-order valence-electron chi connectivity index (χ0n) is 7.62. The van der Waals surface area contributed by atoms with Gasteiger partial charge in [-0.1, -0.05) is 0 Å². The van der Waals surface area contributed by atoms with Gasteiger partial charge in [0, 0.05) is 7.05 Å². The molecule has 1 aliphatic heterocycles. The van der Waals surface area contributed by atoms with Crippen molar-refractivity contribution < 1.29 is 24.9 Å². The number of aliphatic hydroxyl groups is 3. The number of rotatable bonds is 2. The Bertz CT molecular complexity index is 167. The molecule has 3 N–H and O–H groups in total. The van der Waals surface area contributed by atoms with Crippen molar-refractivity contribution in [3.8, 4) is 0 Å². The highest BCUT2D eigenvalue weighted by molar-refractivity contribution is 4.84. The molecule has 0 aromatic carbocycles. The summed E-state index contributed by atoms with van der Waals surface area (Å²) in [5.74, 6) is 0. The highest BCUT2D eigenvalue weighted by atomic mass is 16.7. The molecule has 1 heterocycles. The van der Waals surface area contributed by atoms with Crippen LogP contribution in [0.25, 0.3) is 0 Å². The van der Waals surface area contributed by atoms with Crippen LogP contribution in [-0.4, -0.2) is 65.7 Å². The summed E-state index contributed by atoms with van der Waals surface area (Å²) in [5, 5.41) is 29.2. The van der Waals surface area contributed by atoms with E-state index in [9.17, 15) is 10.2 Å². The Hall–Kier alpha value is -0.240. The zero-order valence-corrected chi connectivity index (χ0v) is 7.62. The van der Waals surface area contributed by atoms with Crippen LogP contribution in [0.15, 0.2) is 0 Å². The van der Waals surface area contributed by atoms with Crippen LogP contribution in [0.3, 0.4) is 0 Å².